The Labute approximate surface area is 200 Å². The largest absolute Gasteiger partial charge is 0.492 e. The van der Waals surface area contributed by atoms with Crippen molar-refractivity contribution in [2.24, 2.45) is 7.05 Å². The zero-order valence-electron chi connectivity index (χ0n) is 19.9. The average Bonchev–Trinajstić information content (AvgIpc) is 3.22. The highest BCUT2D eigenvalue weighted by Gasteiger charge is 2.25. The molecule has 2 aliphatic rings. The summed E-state index contributed by atoms with van der Waals surface area (Å²) in [5.74, 6) is -0.724. The van der Waals surface area contributed by atoms with E-state index < -0.39 is 11.6 Å². The molecule has 0 saturated carbocycles. The predicted molar refractivity (Wildman–Crippen MR) is 127 cm³/mol. The van der Waals surface area contributed by atoms with E-state index in [4.69, 9.17) is 4.74 Å². The van der Waals surface area contributed by atoms with Crippen LogP contribution in [0.2, 0.25) is 0 Å². The quantitative estimate of drug-likeness (QED) is 0.524. The first-order valence-electron chi connectivity index (χ1n) is 11.7. The number of fused-ring (bicyclic) bond motifs is 1. The second-order valence-electron chi connectivity index (χ2n) is 8.98. The number of H-pyrrole nitrogens is 1. The molecule has 0 unspecified atom stereocenters. The van der Waals surface area contributed by atoms with Gasteiger partial charge in [-0.1, -0.05) is 5.21 Å². The van der Waals surface area contributed by atoms with E-state index in [9.17, 15) is 13.6 Å². The zero-order chi connectivity index (χ0) is 24.5. The third-order valence-electron chi connectivity index (χ3n) is 6.61. The molecule has 0 atom stereocenters. The van der Waals surface area contributed by atoms with Crippen LogP contribution in [0.4, 0.5) is 20.4 Å². The minimum atomic E-state index is -0.651. The Balaban J connectivity index is 1.20. The van der Waals surface area contributed by atoms with Crippen LogP contribution >= 0.6 is 0 Å². The number of anilines is 2. The van der Waals surface area contributed by atoms with Crippen molar-refractivity contribution >= 4 is 22.8 Å². The summed E-state index contributed by atoms with van der Waals surface area (Å²) in [5.41, 5.74) is 0.112. The molecule has 2 saturated heterocycles. The number of nitrogens with one attached hydrogen (secondary N) is 1. The summed E-state index contributed by atoms with van der Waals surface area (Å²) in [6.07, 6.45) is 0. The summed E-state index contributed by atoms with van der Waals surface area (Å²) in [5, 5.41) is 7.64. The van der Waals surface area contributed by atoms with Crippen LogP contribution in [-0.2, 0) is 7.05 Å². The Hall–Kier alpha value is -3.32. The third kappa shape index (κ3) is 4.91. The number of hydrogen-bond acceptors (Lipinski definition) is 9. The van der Waals surface area contributed by atoms with Crippen LogP contribution in [0.15, 0.2) is 16.9 Å². The number of likely N-dealkylation sites (N-methyl/N-ethyl adjacent to an activating group) is 1. The molecule has 2 fully saturated rings. The maximum Gasteiger partial charge on any atom is 0.282 e. The van der Waals surface area contributed by atoms with Crippen LogP contribution < -0.4 is 20.1 Å². The van der Waals surface area contributed by atoms with Gasteiger partial charge in [-0.2, -0.15) is 4.98 Å². The van der Waals surface area contributed by atoms with Gasteiger partial charge in [-0.15, -0.1) is 5.10 Å². The van der Waals surface area contributed by atoms with E-state index in [2.05, 4.69) is 37.1 Å². The second-order valence-corrected chi connectivity index (χ2v) is 8.98. The van der Waals surface area contributed by atoms with E-state index in [-0.39, 0.29) is 22.5 Å². The molecular weight excluding hydrogens is 460 g/mol. The number of aromatic nitrogens is 5. The van der Waals surface area contributed by atoms with Crippen LogP contribution in [-0.4, -0.2) is 107 Å². The molecule has 4 heterocycles. The number of piperazine rings is 2. The van der Waals surface area contributed by atoms with E-state index in [0.717, 1.165) is 32.7 Å². The molecule has 188 valence electrons. The summed E-state index contributed by atoms with van der Waals surface area (Å²) in [6, 6.07) is 2.49. The molecular formula is C22H29F2N9O2. The maximum atomic E-state index is 14.9. The highest BCUT2D eigenvalue weighted by Crippen LogP contribution is 2.29. The van der Waals surface area contributed by atoms with Gasteiger partial charge in [0.05, 0.1) is 0 Å². The normalized spacial score (nSPS) is 17.9. The van der Waals surface area contributed by atoms with Crippen molar-refractivity contribution in [3.05, 3.63) is 34.1 Å². The molecule has 2 aliphatic heterocycles. The Kier molecular flexibility index (Phi) is 6.52. The number of halogens is 2. The van der Waals surface area contributed by atoms with E-state index >= 15 is 0 Å². The molecule has 11 nitrogen and oxygen atoms in total. The number of aryl methyl sites for hydroxylation is 1. The first-order valence-corrected chi connectivity index (χ1v) is 11.7. The Bertz CT molecular complexity index is 1220. The van der Waals surface area contributed by atoms with Crippen molar-refractivity contribution in [3.63, 3.8) is 0 Å². The van der Waals surface area contributed by atoms with E-state index in [1.165, 1.54) is 16.8 Å². The van der Waals surface area contributed by atoms with Gasteiger partial charge in [0.25, 0.3) is 5.56 Å². The van der Waals surface area contributed by atoms with Crippen LogP contribution in [0.3, 0.4) is 0 Å². The van der Waals surface area contributed by atoms with Crippen molar-refractivity contribution in [1.29, 1.82) is 0 Å². The molecule has 0 aliphatic carbocycles. The predicted octanol–water partition coefficient (Wildman–Crippen LogP) is 0.283. The summed E-state index contributed by atoms with van der Waals surface area (Å²) in [6.45, 7) is 6.63. The topological polar surface area (TPSA) is 98.7 Å². The first kappa shape index (κ1) is 23.4. The number of ether oxygens (including phenoxy) is 1. The van der Waals surface area contributed by atoms with E-state index in [1.54, 1.807) is 11.9 Å². The number of benzene rings is 1. The molecule has 5 rings (SSSR count). The molecule has 35 heavy (non-hydrogen) atoms. The van der Waals surface area contributed by atoms with Crippen molar-refractivity contribution < 1.29 is 13.5 Å². The molecule has 0 spiro atoms. The van der Waals surface area contributed by atoms with Gasteiger partial charge in [-0.05, 0) is 7.05 Å². The van der Waals surface area contributed by atoms with Gasteiger partial charge in [-0.3, -0.25) is 14.7 Å². The van der Waals surface area contributed by atoms with Crippen LogP contribution in [0.1, 0.15) is 0 Å². The van der Waals surface area contributed by atoms with Crippen molar-refractivity contribution in [2.75, 3.05) is 82.4 Å². The van der Waals surface area contributed by atoms with Gasteiger partial charge in [0, 0.05) is 78.1 Å². The first-order chi connectivity index (χ1) is 16.9. The van der Waals surface area contributed by atoms with Crippen molar-refractivity contribution in [3.8, 4) is 5.75 Å². The Morgan fingerprint density at radius 3 is 2.31 bits per heavy atom. The molecule has 3 aromatic rings. The molecule has 0 bridgehead atoms. The third-order valence-corrected chi connectivity index (χ3v) is 6.61. The molecule has 0 radical (unpaired) electrons. The van der Waals surface area contributed by atoms with E-state index in [1.807, 2.05) is 4.90 Å². The van der Waals surface area contributed by atoms with Gasteiger partial charge in [-0.25, -0.2) is 13.5 Å². The van der Waals surface area contributed by atoms with Crippen molar-refractivity contribution in [1.82, 2.24) is 34.8 Å². The Morgan fingerprint density at radius 1 is 0.971 bits per heavy atom. The van der Waals surface area contributed by atoms with Gasteiger partial charge in [0.15, 0.2) is 22.8 Å². The molecule has 13 heteroatoms. The summed E-state index contributed by atoms with van der Waals surface area (Å²) >= 11 is 0. The minimum Gasteiger partial charge on any atom is -0.492 e. The Morgan fingerprint density at radius 2 is 1.63 bits per heavy atom. The molecule has 0 amide bonds. The maximum absolute atomic E-state index is 14.9. The SMILES string of the molecule is CN1CCN(CCOc2cc(F)c(N3CCN(c4nc5c(nnn5C)c(=O)[nH]4)CC3)c(F)c2)CC1. The fraction of sp³-hybridized carbons (Fsp3) is 0.545. The molecule has 1 N–H and O–H groups in total. The van der Waals surface area contributed by atoms with Crippen LogP contribution in [0.5, 0.6) is 5.75 Å². The lowest BCUT2D eigenvalue weighted by atomic mass is 10.2. The lowest BCUT2D eigenvalue weighted by Gasteiger charge is -2.36. The highest BCUT2D eigenvalue weighted by atomic mass is 19.1. The summed E-state index contributed by atoms with van der Waals surface area (Å²) in [7, 11) is 3.76. The molecule has 2 aromatic heterocycles. The van der Waals surface area contributed by atoms with Gasteiger partial charge >= 0.3 is 0 Å². The highest BCUT2D eigenvalue weighted by molar-refractivity contribution is 5.69. The fourth-order valence-electron chi connectivity index (χ4n) is 4.50. The van der Waals surface area contributed by atoms with Crippen LogP contribution in [0.25, 0.3) is 11.2 Å². The van der Waals surface area contributed by atoms with Crippen LogP contribution in [0, 0.1) is 11.6 Å². The zero-order valence-corrected chi connectivity index (χ0v) is 19.9. The second kappa shape index (κ2) is 9.74. The number of aromatic amines is 1. The van der Waals surface area contributed by atoms with Gasteiger partial charge in [0.1, 0.15) is 18.0 Å². The van der Waals surface area contributed by atoms with E-state index in [0.29, 0.717) is 44.4 Å². The fourth-order valence-corrected chi connectivity index (χ4v) is 4.50. The number of nitrogens with zero attached hydrogens (tertiary/aromatic N) is 8. The smallest absolute Gasteiger partial charge is 0.282 e. The lowest BCUT2D eigenvalue weighted by molar-refractivity contribution is 0.133. The van der Waals surface area contributed by atoms with Crippen molar-refractivity contribution in [2.45, 2.75) is 0 Å². The number of hydrogen-bond donors (Lipinski definition) is 1. The molecule has 1 aromatic carbocycles. The summed E-state index contributed by atoms with van der Waals surface area (Å²) in [4.78, 5) is 27.5. The average molecular weight is 490 g/mol. The van der Waals surface area contributed by atoms with Gasteiger partial charge < -0.3 is 19.4 Å². The monoisotopic (exact) mass is 489 g/mol. The lowest BCUT2D eigenvalue weighted by Crippen LogP contribution is -2.48. The minimum absolute atomic E-state index is 0.0659. The standard InChI is InChI=1S/C22H29F2N9O2/c1-29-3-5-31(6-4-29)11-12-35-15-13-16(23)19(17(24)14-15)32-7-9-33(10-8-32)22-25-20-18(21(34)26-22)27-28-30(20)2/h13-14H,3-12H2,1-2H3,(H,25,26,34). The number of rotatable bonds is 6. The van der Waals surface area contributed by atoms with Gasteiger partial charge in [0.2, 0.25) is 5.95 Å². The summed E-state index contributed by atoms with van der Waals surface area (Å²) < 4.78 is 36.9.